The molecule has 312 valence electrons. The Morgan fingerprint density at radius 1 is 0.407 bits per heavy atom. The molecule has 4 aromatic rings. The van der Waals surface area contributed by atoms with Crippen LogP contribution in [0.15, 0.2) is 121 Å². The number of carbonyl (C=O) groups is 4. The highest BCUT2D eigenvalue weighted by Crippen LogP contribution is 2.34. The minimum absolute atomic E-state index is 0.146. The number of ether oxygens (including phenoxy) is 11. The summed E-state index contributed by atoms with van der Waals surface area (Å²) in [5.74, 6) is -3.21. The van der Waals surface area contributed by atoms with Crippen LogP contribution in [-0.4, -0.2) is 127 Å². The van der Waals surface area contributed by atoms with Crippen LogP contribution in [0.4, 0.5) is 0 Å². The van der Waals surface area contributed by atoms with Crippen molar-refractivity contribution in [3.05, 3.63) is 144 Å². The van der Waals surface area contributed by atoms with Gasteiger partial charge in [-0.25, -0.2) is 19.2 Å². The first-order chi connectivity index (χ1) is 28.8. The van der Waals surface area contributed by atoms with Gasteiger partial charge in [0, 0.05) is 28.4 Å². The Balaban J connectivity index is 1.40. The van der Waals surface area contributed by atoms with E-state index in [4.69, 9.17) is 52.1 Å². The van der Waals surface area contributed by atoms with E-state index in [-0.39, 0.29) is 28.9 Å². The molecule has 0 aliphatic carbocycles. The van der Waals surface area contributed by atoms with Crippen molar-refractivity contribution in [1.82, 2.24) is 0 Å². The molecule has 4 aromatic carbocycles. The number of hydrogen-bond acceptors (Lipinski definition) is 15. The molecule has 0 bridgehead atoms. The number of benzene rings is 4. The second-order valence-electron chi connectivity index (χ2n) is 13.4. The summed E-state index contributed by atoms with van der Waals surface area (Å²) in [6.45, 7) is -0.810. The van der Waals surface area contributed by atoms with Crippen LogP contribution in [0.5, 0.6) is 0 Å². The first kappa shape index (κ1) is 43.1. The van der Waals surface area contributed by atoms with E-state index >= 15 is 0 Å². The normalized spacial score (nSPS) is 26.6. The summed E-state index contributed by atoms with van der Waals surface area (Å²) >= 11 is 0. The molecule has 2 fully saturated rings. The maximum Gasteiger partial charge on any atom is 0.338 e. The molecule has 0 N–H and O–H groups in total. The molecule has 0 saturated carbocycles. The molecule has 0 aromatic heterocycles. The van der Waals surface area contributed by atoms with Gasteiger partial charge in [0.2, 0.25) is 0 Å². The largest absolute Gasteiger partial charge is 0.459 e. The van der Waals surface area contributed by atoms with Crippen LogP contribution in [0.3, 0.4) is 0 Å². The lowest BCUT2D eigenvalue weighted by Gasteiger charge is -2.46. The molecule has 0 amide bonds. The van der Waals surface area contributed by atoms with E-state index in [9.17, 15) is 19.2 Å². The summed E-state index contributed by atoms with van der Waals surface area (Å²) < 4.78 is 65.9. The first-order valence-corrected chi connectivity index (χ1v) is 18.8. The van der Waals surface area contributed by atoms with E-state index in [0.717, 1.165) is 0 Å². The molecule has 59 heavy (non-hydrogen) atoms. The van der Waals surface area contributed by atoms with E-state index in [1.165, 1.54) is 64.8 Å². The fraction of sp³-hybridized carbons (Fsp3) is 0.364. The third-order valence-electron chi connectivity index (χ3n) is 9.80. The Morgan fingerprint density at radius 2 is 0.797 bits per heavy atom. The average molecular weight is 815 g/mol. The summed E-state index contributed by atoms with van der Waals surface area (Å²) in [6, 6.07) is 32.4. The van der Waals surface area contributed by atoms with Crippen LogP contribution in [0.2, 0.25) is 0 Å². The van der Waals surface area contributed by atoms with Crippen molar-refractivity contribution in [2.45, 2.75) is 61.4 Å². The molecular weight excluding hydrogens is 768 g/mol. The third-order valence-corrected chi connectivity index (χ3v) is 9.80. The predicted molar refractivity (Wildman–Crippen MR) is 206 cm³/mol. The van der Waals surface area contributed by atoms with Crippen molar-refractivity contribution in [1.29, 1.82) is 0 Å². The maximum absolute atomic E-state index is 13.9. The number of methoxy groups -OCH3 is 4. The van der Waals surface area contributed by atoms with E-state index in [2.05, 4.69) is 0 Å². The lowest BCUT2D eigenvalue weighted by Crippen LogP contribution is -2.64. The van der Waals surface area contributed by atoms with Gasteiger partial charge >= 0.3 is 23.9 Å². The van der Waals surface area contributed by atoms with E-state index < -0.39 is 91.9 Å². The molecule has 2 aliphatic heterocycles. The Bertz CT molecular complexity index is 1950. The Morgan fingerprint density at radius 3 is 1.24 bits per heavy atom. The van der Waals surface area contributed by atoms with Crippen LogP contribution in [-0.2, 0) is 52.1 Å². The number of rotatable bonds is 16. The summed E-state index contributed by atoms with van der Waals surface area (Å²) in [5.41, 5.74) is 0.701. The molecule has 0 spiro atoms. The lowest BCUT2D eigenvalue weighted by atomic mass is 9.97. The molecule has 0 unspecified atom stereocenters. The van der Waals surface area contributed by atoms with Crippen molar-refractivity contribution in [2.75, 3.05) is 41.7 Å². The van der Waals surface area contributed by atoms with Crippen molar-refractivity contribution in [2.24, 2.45) is 0 Å². The average Bonchev–Trinajstić information content (AvgIpc) is 3.29. The first-order valence-electron chi connectivity index (χ1n) is 18.8. The van der Waals surface area contributed by atoms with Gasteiger partial charge in [-0.3, -0.25) is 0 Å². The van der Waals surface area contributed by atoms with Crippen molar-refractivity contribution < 1.29 is 71.3 Å². The van der Waals surface area contributed by atoms with Crippen molar-refractivity contribution in [3.63, 3.8) is 0 Å². The van der Waals surface area contributed by atoms with E-state index in [1.807, 2.05) is 0 Å². The smallest absolute Gasteiger partial charge is 0.338 e. The van der Waals surface area contributed by atoms with E-state index in [1.54, 1.807) is 84.9 Å². The zero-order valence-corrected chi connectivity index (χ0v) is 32.9. The highest BCUT2D eigenvalue weighted by Gasteiger charge is 2.55. The molecule has 10 atom stereocenters. The SMILES string of the molecule is CO[C@H]1O[C@H](CO[C@H]2O[C@H](COC(=O)c3ccccc3)[C@@H](OC(=O)c3ccccc3)[C@H](OC(=O)c3ccccc3)[C@@H]2OC(=O)c2ccccc2)[C@@H](OC)[C@H](OC)[C@H]1OC. The molecule has 0 radical (unpaired) electrons. The van der Waals surface area contributed by atoms with Gasteiger partial charge in [-0.1, -0.05) is 72.8 Å². The van der Waals surface area contributed by atoms with Crippen LogP contribution in [0.25, 0.3) is 0 Å². The Kier molecular flexibility index (Phi) is 15.3. The van der Waals surface area contributed by atoms with Crippen molar-refractivity contribution in [3.8, 4) is 0 Å². The number of hydrogen-bond donors (Lipinski definition) is 0. The molecule has 15 heteroatoms. The fourth-order valence-corrected chi connectivity index (χ4v) is 6.85. The van der Waals surface area contributed by atoms with E-state index in [0.29, 0.717) is 0 Å². The van der Waals surface area contributed by atoms with Gasteiger partial charge in [-0.2, -0.15) is 0 Å². The third kappa shape index (κ3) is 10.6. The molecule has 2 heterocycles. The van der Waals surface area contributed by atoms with Gasteiger partial charge in [0.1, 0.15) is 37.1 Å². The van der Waals surface area contributed by atoms with Gasteiger partial charge in [0.15, 0.2) is 30.9 Å². The second kappa shape index (κ2) is 20.9. The Hall–Kier alpha value is -5.52. The Labute approximate surface area is 341 Å². The lowest BCUT2D eigenvalue weighted by molar-refractivity contribution is -0.332. The summed E-state index contributed by atoms with van der Waals surface area (Å²) in [7, 11) is 5.89. The van der Waals surface area contributed by atoms with Crippen molar-refractivity contribution >= 4 is 23.9 Å². The fourth-order valence-electron chi connectivity index (χ4n) is 6.85. The highest BCUT2D eigenvalue weighted by atomic mass is 16.8. The second-order valence-corrected chi connectivity index (χ2v) is 13.4. The summed E-state index contributed by atoms with van der Waals surface area (Å²) in [6.07, 6.45) is -11.6. The summed E-state index contributed by atoms with van der Waals surface area (Å²) in [5, 5.41) is 0. The maximum atomic E-state index is 13.9. The minimum atomic E-state index is -1.61. The minimum Gasteiger partial charge on any atom is -0.459 e. The van der Waals surface area contributed by atoms with Crippen LogP contribution >= 0.6 is 0 Å². The zero-order chi connectivity index (χ0) is 41.7. The molecule has 2 saturated heterocycles. The standard InChI is InChI=1S/C44H46O15/c1-49-33-31(55-43(52-4)37(51-3)35(33)50-2)26-54-44-38(59-42(48)30-23-15-8-16-24-30)36(58-41(47)29-21-13-7-14-22-29)34(57-40(46)28-19-11-6-12-20-28)32(56-44)25-53-39(45)27-17-9-5-10-18-27/h5-24,31-38,43-44H,25-26H2,1-4H3/t31-,32-,33-,34-,35+,36+,37-,38+,43+,44+/m1/s1. The van der Waals surface area contributed by atoms with Gasteiger partial charge in [0.25, 0.3) is 0 Å². The summed E-state index contributed by atoms with van der Waals surface area (Å²) in [4.78, 5) is 54.8. The molecule has 15 nitrogen and oxygen atoms in total. The van der Waals surface area contributed by atoms with Gasteiger partial charge in [0.05, 0.1) is 28.9 Å². The predicted octanol–water partition coefficient (Wildman–Crippen LogP) is 4.68. The van der Waals surface area contributed by atoms with Gasteiger partial charge in [-0.15, -0.1) is 0 Å². The van der Waals surface area contributed by atoms with Gasteiger partial charge in [-0.05, 0) is 48.5 Å². The van der Waals surface area contributed by atoms with Crippen LogP contribution in [0, 0.1) is 0 Å². The highest BCUT2D eigenvalue weighted by molar-refractivity contribution is 5.91. The van der Waals surface area contributed by atoms with Crippen LogP contribution < -0.4 is 0 Å². The molecule has 2 aliphatic rings. The molecular formula is C44H46O15. The van der Waals surface area contributed by atoms with Crippen LogP contribution in [0.1, 0.15) is 41.4 Å². The quantitative estimate of drug-likeness (QED) is 0.113. The van der Waals surface area contributed by atoms with Gasteiger partial charge < -0.3 is 52.1 Å². The number of esters is 4. The number of carbonyl (C=O) groups excluding carboxylic acids is 4. The molecule has 6 rings (SSSR count). The monoisotopic (exact) mass is 814 g/mol. The topological polar surface area (TPSA) is 170 Å². The zero-order valence-electron chi connectivity index (χ0n) is 32.9.